The van der Waals surface area contributed by atoms with Gasteiger partial charge in [-0.2, -0.15) is 0 Å². The average Bonchev–Trinajstić information content (AvgIpc) is 2.38. The van der Waals surface area contributed by atoms with Gasteiger partial charge in [-0.15, -0.1) is 0 Å². The Hall–Kier alpha value is -1.70. The third-order valence-electron chi connectivity index (χ3n) is 4.35. The Labute approximate surface area is 109 Å². The summed E-state index contributed by atoms with van der Waals surface area (Å²) in [5, 5.41) is 7.13. The van der Waals surface area contributed by atoms with Crippen molar-refractivity contribution in [3.8, 4) is 0 Å². The largest absolute Gasteiger partial charge is 0.379 e. The molecular formula is C16H20N2. The van der Waals surface area contributed by atoms with Crippen molar-refractivity contribution in [3.05, 3.63) is 34.4 Å². The lowest BCUT2D eigenvalue weighted by Gasteiger charge is -2.29. The fourth-order valence-electron chi connectivity index (χ4n) is 2.76. The molecule has 2 heteroatoms. The first kappa shape index (κ1) is 11.4. The Balaban J connectivity index is 2.24. The number of fused-ring (bicyclic) bond motifs is 3. The van der Waals surface area contributed by atoms with Crippen LogP contribution < -0.4 is 10.6 Å². The van der Waals surface area contributed by atoms with Gasteiger partial charge in [0.15, 0.2) is 0 Å². The summed E-state index contributed by atoms with van der Waals surface area (Å²) in [7, 11) is 0. The molecule has 0 amide bonds. The van der Waals surface area contributed by atoms with Crippen LogP contribution in [0, 0.1) is 0 Å². The van der Waals surface area contributed by atoms with Crippen LogP contribution in [0.4, 0.5) is 11.4 Å². The normalized spacial score (nSPS) is 18.0. The molecule has 2 aliphatic rings. The molecule has 0 atom stereocenters. The van der Waals surface area contributed by atoms with E-state index in [-0.39, 0.29) is 0 Å². The van der Waals surface area contributed by atoms with E-state index in [1.807, 2.05) is 0 Å². The summed E-state index contributed by atoms with van der Waals surface area (Å²) in [4.78, 5) is 0. The second-order valence-electron chi connectivity index (χ2n) is 5.43. The van der Waals surface area contributed by atoms with E-state index >= 15 is 0 Å². The topological polar surface area (TPSA) is 24.1 Å². The maximum atomic E-state index is 3.56. The SMILES string of the molecule is CC1=C(C)c2ccc3c(c2NC1)NCC(C)=C3C. The van der Waals surface area contributed by atoms with Gasteiger partial charge < -0.3 is 10.6 Å². The summed E-state index contributed by atoms with van der Waals surface area (Å²) in [6.45, 7) is 10.8. The van der Waals surface area contributed by atoms with Crippen LogP contribution in [0.5, 0.6) is 0 Å². The van der Waals surface area contributed by atoms with Crippen molar-refractivity contribution in [1.29, 1.82) is 0 Å². The summed E-state index contributed by atoms with van der Waals surface area (Å²) in [5.41, 5.74) is 10.9. The van der Waals surface area contributed by atoms with Gasteiger partial charge in [-0.25, -0.2) is 0 Å². The first-order valence-electron chi connectivity index (χ1n) is 6.57. The quantitative estimate of drug-likeness (QED) is 0.712. The van der Waals surface area contributed by atoms with Crippen molar-refractivity contribution in [2.24, 2.45) is 0 Å². The van der Waals surface area contributed by atoms with Crippen LogP contribution in [0.15, 0.2) is 23.3 Å². The minimum atomic E-state index is 0.957. The zero-order chi connectivity index (χ0) is 12.9. The average molecular weight is 240 g/mol. The van der Waals surface area contributed by atoms with Gasteiger partial charge in [0, 0.05) is 24.2 Å². The van der Waals surface area contributed by atoms with Crippen molar-refractivity contribution < 1.29 is 0 Å². The van der Waals surface area contributed by atoms with Gasteiger partial charge in [0.1, 0.15) is 0 Å². The number of nitrogens with one attached hydrogen (secondary N) is 2. The molecule has 2 nitrogen and oxygen atoms in total. The lowest BCUT2D eigenvalue weighted by Crippen LogP contribution is -2.18. The van der Waals surface area contributed by atoms with Crippen LogP contribution in [0.25, 0.3) is 11.1 Å². The second-order valence-corrected chi connectivity index (χ2v) is 5.43. The summed E-state index contributed by atoms with van der Waals surface area (Å²) in [6.07, 6.45) is 0. The molecule has 1 aromatic carbocycles. The molecule has 3 rings (SSSR count). The number of hydrogen-bond acceptors (Lipinski definition) is 2. The molecule has 0 spiro atoms. The highest BCUT2D eigenvalue weighted by Gasteiger charge is 2.22. The van der Waals surface area contributed by atoms with Gasteiger partial charge >= 0.3 is 0 Å². The van der Waals surface area contributed by atoms with Crippen LogP contribution in [-0.4, -0.2) is 13.1 Å². The highest BCUT2D eigenvalue weighted by molar-refractivity contribution is 5.95. The van der Waals surface area contributed by atoms with E-state index < -0.39 is 0 Å². The molecule has 2 aliphatic heterocycles. The zero-order valence-corrected chi connectivity index (χ0v) is 11.6. The maximum Gasteiger partial charge on any atom is 0.0661 e. The molecule has 0 unspecified atom stereocenters. The third-order valence-corrected chi connectivity index (χ3v) is 4.35. The van der Waals surface area contributed by atoms with Crippen LogP contribution in [0.2, 0.25) is 0 Å². The lowest BCUT2D eigenvalue weighted by molar-refractivity contribution is 1.13. The van der Waals surface area contributed by atoms with Crippen LogP contribution >= 0.6 is 0 Å². The van der Waals surface area contributed by atoms with Crippen molar-refractivity contribution in [1.82, 2.24) is 0 Å². The highest BCUT2D eigenvalue weighted by Crippen LogP contribution is 2.42. The van der Waals surface area contributed by atoms with E-state index in [1.165, 1.54) is 44.8 Å². The Morgan fingerprint density at radius 2 is 1.11 bits per heavy atom. The Morgan fingerprint density at radius 1 is 0.722 bits per heavy atom. The summed E-state index contributed by atoms with van der Waals surface area (Å²) in [5.74, 6) is 0. The standard InChI is InChI=1S/C16H20N2/c1-9-7-17-15-13(11(9)3)5-6-14-12(4)10(2)8-18-16(14)15/h5-6,17-18H,7-8H2,1-4H3. The van der Waals surface area contributed by atoms with Gasteiger partial charge in [0.2, 0.25) is 0 Å². The van der Waals surface area contributed by atoms with Crippen molar-refractivity contribution in [2.75, 3.05) is 23.7 Å². The molecule has 94 valence electrons. The third kappa shape index (κ3) is 1.48. The minimum absolute atomic E-state index is 0.957. The van der Waals surface area contributed by atoms with E-state index in [0.29, 0.717) is 0 Å². The molecule has 0 radical (unpaired) electrons. The van der Waals surface area contributed by atoms with Gasteiger partial charge in [-0.1, -0.05) is 23.3 Å². The molecule has 0 saturated carbocycles. The highest BCUT2D eigenvalue weighted by atomic mass is 15.0. The van der Waals surface area contributed by atoms with Gasteiger partial charge in [0.25, 0.3) is 0 Å². The second kappa shape index (κ2) is 3.91. The number of allylic oxidation sites excluding steroid dienone is 2. The monoisotopic (exact) mass is 240 g/mol. The maximum absolute atomic E-state index is 3.56. The number of rotatable bonds is 0. The van der Waals surface area contributed by atoms with Gasteiger partial charge in [0.05, 0.1) is 11.4 Å². The van der Waals surface area contributed by atoms with Gasteiger partial charge in [-0.3, -0.25) is 0 Å². The van der Waals surface area contributed by atoms with Crippen LogP contribution in [0.3, 0.4) is 0 Å². The molecule has 0 bridgehead atoms. The predicted molar refractivity (Wildman–Crippen MR) is 80.0 cm³/mol. The fraction of sp³-hybridized carbons (Fsp3) is 0.375. The molecular weight excluding hydrogens is 220 g/mol. The number of anilines is 2. The predicted octanol–water partition coefficient (Wildman–Crippen LogP) is 4.12. The van der Waals surface area contributed by atoms with E-state index in [2.05, 4.69) is 50.5 Å². The van der Waals surface area contributed by atoms with Crippen molar-refractivity contribution in [3.63, 3.8) is 0 Å². The first-order chi connectivity index (χ1) is 8.59. The van der Waals surface area contributed by atoms with Crippen molar-refractivity contribution >= 4 is 22.5 Å². The van der Waals surface area contributed by atoms with E-state index in [4.69, 9.17) is 0 Å². The van der Waals surface area contributed by atoms with E-state index in [9.17, 15) is 0 Å². The number of hydrogen-bond donors (Lipinski definition) is 2. The van der Waals surface area contributed by atoms with E-state index in [1.54, 1.807) is 0 Å². The Kier molecular flexibility index (Phi) is 2.47. The van der Waals surface area contributed by atoms with Crippen LogP contribution in [0.1, 0.15) is 38.8 Å². The number of benzene rings is 1. The van der Waals surface area contributed by atoms with E-state index in [0.717, 1.165) is 13.1 Å². The molecule has 0 saturated heterocycles. The minimum Gasteiger partial charge on any atom is -0.379 e. The lowest BCUT2D eigenvalue weighted by atomic mass is 9.89. The first-order valence-corrected chi connectivity index (χ1v) is 6.57. The Bertz CT molecular complexity index is 538. The smallest absolute Gasteiger partial charge is 0.0661 e. The van der Waals surface area contributed by atoms with Crippen LogP contribution in [-0.2, 0) is 0 Å². The van der Waals surface area contributed by atoms with Crippen molar-refractivity contribution in [2.45, 2.75) is 27.7 Å². The summed E-state index contributed by atoms with van der Waals surface area (Å²) < 4.78 is 0. The Morgan fingerprint density at radius 3 is 1.50 bits per heavy atom. The molecule has 1 aromatic rings. The molecule has 2 heterocycles. The van der Waals surface area contributed by atoms with Gasteiger partial charge in [-0.05, 0) is 38.8 Å². The molecule has 18 heavy (non-hydrogen) atoms. The molecule has 2 N–H and O–H groups in total. The summed E-state index contributed by atoms with van der Waals surface area (Å²) >= 11 is 0. The summed E-state index contributed by atoms with van der Waals surface area (Å²) in [6, 6.07) is 4.51. The zero-order valence-electron chi connectivity index (χ0n) is 11.6. The molecule has 0 aliphatic carbocycles. The fourth-order valence-corrected chi connectivity index (χ4v) is 2.76. The molecule has 0 aromatic heterocycles. The molecule has 0 fully saturated rings.